The third-order valence-electron chi connectivity index (χ3n) is 2.63. The van der Waals surface area contributed by atoms with Crippen LogP contribution >= 0.6 is 11.8 Å². The van der Waals surface area contributed by atoms with Gasteiger partial charge in [-0.3, -0.25) is 24.5 Å². The minimum atomic E-state index is -1.14. The van der Waals surface area contributed by atoms with Crippen LogP contribution in [0.4, 0.5) is 0 Å². The summed E-state index contributed by atoms with van der Waals surface area (Å²) in [6, 6.07) is -1.04. The van der Waals surface area contributed by atoms with Crippen molar-refractivity contribution in [1.29, 1.82) is 0 Å². The summed E-state index contributed by atoms with van der Waals surface area (Å²) < 4.78 is 0. The second-order valence-electron chi connectivity index (χ2n) is 4.35. The van der Waals surface area contributed by atoms with Crippen LogP contribution in [-0.4, -0.2) is 64.3 Å². The van der Waals surface area contributed by atoms with Crippen molar-refractivity contribution in [3.8, 4) is 0 Å². The smallest absolute Gasteiger partial charge is 0.321 e. The van der Waals surface area contributed by atoms with Crippen molar-refractivity contribution >= 4 is 35.5 Å². The molecular formula is C11H17N3O5S. The second kappa shape index (κ2) is 7.85. The van der Waals surface area contributed by atoms with Crippen LogP contribution in [0.3, 0.4) is 0 Å². The van der Waals surface area contributed by atoms with Gasteiger partial charge in [0.05, 0.1) is 12.3 Å². The molecule has 0 spiro atoms. The molecule has 1 saturated heterocycles. The number of nitrogens with two attached hydrogens (primary N) is 1. The quantitative estimate of drug-likeness (QED) is 0.516. The first-order chi connectivity index (χ1) is 9.40. The summed E-state index contributed by atoms with van der Waals surface area (Å²) in [5, 5.41) is 10.7. The number of carboxylic acid groups (broad SMARTS) is 1. The van der Waals surface area contributed by atoms with Gasteiger partial charge in [0, 0.05) is 18.7 Å². The molecule has 9 heteroatoms. The van der Waals surface area contributed by atoms with Crippen LogP contribution in [0.25, 0.3) is 0 Å². The van der Waals surface area contributed by atoms with Gasteiger partial charge >= 0.3 is 5.97 Å². The molecular weight excluding hydrogens is 286 g/mol. The minimum Gasteiger partial charge on any atom is -0.480 e. The van der Waals surface area contributed by atoms with E-state index >= 15 is 0 Å². The van der Waals surface area contributed by atoms with E-state index in [0.29, 0.717) is 13.0 Å². The summed E-state index contributed by atoms with van der Waals surface area (Å²) in [5.41, 5.74) is 5.26. The average molecular weight is 303 g/mol. The Labute approximate surface area is 120 Å². The number of nitrogens with zero attached hydrogens (tertiary/aromatic N) is 1. The number of amides is 3. The SMILES string of the molecule is N[C@@H](CSCC(=O)NC(=O)CN1CCCC1=O)C(=O)O. The molecule has 112 valence electrons. The van der Waals surface area contributed by atoms with Crippen LogP contribution in [0.2, 0.25) is 0 Å². The molecule has 1 fully saturated rings. The van der Waals surface area contributed by atoms with E-state index in [1.54, 1.807) is 0 Å². The Hall–Kier alpha value is -1.61. The van der Waals surface area contributed by atoms with E-state index in [1.807, 2.05) is 0 Å². The minimum absolute atomic E-state index is 0.0549. The summed E-state index contributed by atoms with van der Waals surface area (Å²) in [4.78, 5) is 46.1. The number of rotatable bonds is 7. The molecule has 0 bridgehead atoms. The molecule has 1 aliphatic rings. The maximum atomic E-state index is 11.5. The van der Waals surface area contributed by atoms with Crippen molar-refractivity contribution < 1.29 is 24.3 Å². The number of likely N-dealkylation sites (tertiary alicyclic amines) is 1. The fraction of sp³-hybridized carbons (Fsp3) is 0.636. The number of carboxylic acids is 1. The molecule has 1 aliphatic heterocycles. The first-order valence-corrected chi connectivity index (χ1v) is 7.22. The molecule has 1 rings (SSSR count). The van der Waals surface area contributed by atoms with Crippen LogP contribution in [-0.2, 0) is 19.2 Å². The highest BCUT2D eigenvalue weighted by atomic mass is 32.2. The molecule has 4 N–H and O–H groups in total. The molecule has 20 heavy (non-hydrogen) atoms. The lowest BCUT2D eigenvalue weighted by molar-refractivity contribution is -0.138. The van der Waals surface area contributed by atoms with Crippen molar-refractivity contribution in [1.82, 2.24) is 10.2 Å². The third-order valence-corrected chi connectivity index (χ3v) is 3.69. The van der Waals surface area contributed by atoms with Crippen LogP contribution in [0, 0.1) is 0 Å². The number of carbonyl (C=O) groups excluding carboxylic acids is 3. The van der Waals surface area contributed by atoms with Crippen LogP contribution in [0.5, 0.6) is 0 Å². The maximum Gasteiger partial charge on any atom is 0.321 e. The summed E-state index contributed by atoms with van der Waals surface area (Å²) in [6.07, 6.45) is 1.16. The molecule has 0 saturated carbocycles. The molecule has 8 nitrogen and oxygen atoms in total. The van der Waals surface area contributed by atoms with E-state index in [9.17, 15) is 19.2 Å². The summed E-state index contributed by atoms with van der Waals surface area (Å²) in [6.45, 7) is 0.409. The highest BCUT2D eigenvalue weighted by molar-refractivity contribution is 8.00. The number of thioether (sulfide) groups is 1. The number of aliphatic carboxylic acids is 1. The predicted molar refractivity (Wildman–Crippen MR) is 71.9 cm³/mol. The van der Waals surface area contributed by atoms with E-state index in [-0.39, 0.29) is 24.0 Å². The van der Waals surface area contributed by atoms with Gasteiger partial charge in [0.15, 0.2) is 0 Å². The normalized spacial score (nSPS) is 16.1. The number of imide groups is 1. The molecule has 0 unspecified atom stereocenters. The Morgan fingerprint density at radius 1 is 1.40 bits per heavy atom. The Morgan fingerprint density at radius 3 is 2.65 bits per heavy atom. The van der Waals surface area contributed by atoms with Gasteiger partial charge in [0.25, 0.3) is 0 Å². The van der Waals surface area contributed by atoms with E-state index in [0.717, 1.165) is 18.2 Å². The van der Waals surface area contributed by atoms with Crippen LogP contribution in [0.1, 0.15) is 12.8 Å². The molecule has 0 aromatic rings. The lowest BCUT2D eigenvalue weighted by Gasteiger charge is -2.14. The molecule has 1 heterocycles. The standard InChI is InChI=1S/C11H17N3O5S/c12-7(11(18)19)5-20-6-9(16)13-8(15)4-14-3-1-2-10(14)17/h7H,1-6,12H2,(H,18,19)(H,13,15,16)/t7-/m0/s1. The van der Waals surface area contributed by atoms with Gasteiger partial charge in [-0.05, 0) is 6.42 Å². The van der Waals surface area contributed by atoms with Crippen molar-refractivity contribution in [2.24, 2.45) is 5.73 Å². The zero-order valence-corrected chi connectivity index (χ0v) is 11.6. The number of nitrogens with one attached hydrogen (secondary N) is 1. The van der Waals surface area contributed by atoms with E-state index in [2.05, 4.69) is 5.32 Å². The zero-order valence-electron chi connectivity index (χ0n) is 10.8. The maximum absolute atomic E-state index is 11.5. The molecule has 1 atom stereocenters. The van der Waals surface area contributed by atoms with E-state index in [1.165, 1.54) is 4.90 Å². The molecule has 0 aromatic carbocycles. The second-order valence-corrected chi connectivity index (χ2v) is 5.38. The largest absolute Gasteiger partial charge is 0.480 e. The van der Waals surface area contributed by atoms with Crippen molar-refractivity contribution in [2.75, 3.05) is 24.6 Å². The summed E-state index contributed by atoms with van der Waals surface area (Å²) in [5.74, 6) is -2.25. The van der Waals surface area contributed by atoms with E-state index < -0.39 is 23.8 Å². The van der Waals surface area contributed by atoms with Gasteiger partial charge < -0.3 is 15.7 Å². The topological polar surface area (TPSA) is 130 Å². The fourth-order valence-corrected chi connectivity index (χ4v) is 2.40. The summed E-state index contributed by atoms with van der Waals surface area (Å²) in [7, 11) is 0. The first-order valence-electron chi connectivity index (χ1n) is 6.06. The highest BCUT2D eigenvalue weighted by Gasteiger charge is 2.23. The number of hydrogen-bond acceptors (Lipinski definition) is 6. The van der Waals surface area contributed by atoms with Gasteiger partial charge in [0.2, 0.25) is 17.7 Å². The lowest BCUT2D eigenvalue weighted by Crippen LogP contribution is -2.41. The fourth-order valence-electron chi connectivity index (χ4n) is 1.63. The zero-order chi connectivity index (χ0) is 15.1. The van der Waals surface area contributed by atoms with Crippen molar-refractivity contribution in [3.63, 3.8) is 0 Å². The third kappa shape index (κ3) is 5.57. The molecule has 3 amide bonds. The Kier molecular flexibility index (Phi) is 6.46. The Bertz CT molecular complexity index is 415. The number of hydrogen-bond donors (Lipinski definition) is 3. The lowest BCUT2D eigenvalue weighted by atomic mass is 10.4. The Morgan fingerprint density at radius 2 is 2.10 bits per heavy atom. The van der Waals surface area contributed by atoms with Gasteiger partial charge in [-0.1, -0.05) is 0 Å². The number of carbonyl (C=O) groups is 4. The van der Waals surface area contributed by atoms with Gasteiger partial charge in [0.1, 0.15) is 6.04 Å². The van der Waals surface area contributed by atoms with Crippen molar-refractivity contribution in [2.45, 2.75) is 18.9 Å². The Balaban J connectivity index is 2.19. The van der Waals surface area contributed by atoms with E-state index in [4.69, 9.17) is 10.8 Å². The molecule has 0 aliphatic carbocycles. The predicted octanol–water partition coefficient (Wildman–Crippen LogP) is -1.60. The summed E-state index contributed by atoms with van der Waals surface area (Å²) >= 11 is 1.03. The van der Waals surface area contributed by atoms with Crippen LogP contribution < -0.4 is 11.1 Å². The molecule has 0 aromatic heterocycles. The highest BCUT2D eigenvalue weighted by Crippen LogP contribution is 2.08. The van der Waals surface area contributed by atoms with Crippen LogP contribution in [0.15, 0.2) is 0 Å². The van der Waals surface area contributed by atoms with Crippen molar-refractivity contribution in [3.05, 3.63) is 0 Å². The first kappa shape index (κ1) is 16.4. The van der Waals surface area contributed by atoms with Gasteiger partial charge in [-0.2, -0.15) is 0 Å². The average Bonchev–Trinajstić information content (AvgIpc) is 2.74. The van der Waals surface area contributed by atoms with Gasteiger partial charge in [-0.25, -0.2) is 0 Å². The molecule has 0 radical (unpaired) electrons. The monoisotopic (exact) mass is 303 g/mol. The van der Waals surface area contributed by atoms with Gasteiger partial charge in [-0.15, -0.1) is 11.8 Å².